The first-order valence-electron chi connectivity index (χ1n) is 11.4. The topological polar surface area (TPSA) is 79.3 Å². The Hall–Kier alpha value is -3.32. The zero-order chi connectivity index (χ0) is 23.4. The number of hydrogen-bond acceptors (Lipinski definition) is 6. The minimum atomic E-state index is -0.685. The summed E-state index contributed by atoms with van der Waals surface area (Å²) in [5, 5.41) is 11.2. The summed E-state index contributed by atoms with van der Waals surface area (Å²) in [6, 6.07) is 13.5. The third-order valence-corrected chi connectivity index (χ3v) is 6.24. The number of rotatable bonds is 8. The van der Waals surface area contributed by atoms with Gasteiger partial charge in [0.25, 0.3) is 11.7 Å². The van der Waals surface area contributed by atoms with Crippen LogP contribution >= 0.6 is 0 Å². The molecule has 2 aliphatic rings. The van der Waals surface area contributed by atoms with Gasteiger partial charge in [0, 0.05) is 18.7 Å². The lowest BCUT2D eigenvalue weighted by atomic mass is 9.95. The average molecular weight is 451 g/mol. The lowest BCUT2D eigenvalue weighted by Gasteiger charge is -2.27. The molecule has 2 aromatic rings. The monoisotopic (exact) mass is 450 g/mol. The molecule has 0 aromatic heterocycles. The normalized spacial score (nSPS) is 20.4. The van der Waals surface area contributed by atoms with E-state index in [0.29, 0.717) is 36.8 Å². The fourth-order valence-electron chi connectivity index (χ4n) is 4.56. The van der Waals surface area contributed by atoms with E-state index in [4.69, 9.17) is 9.47 Å². The van der Waals surface area contributed by atoms with Crippen molar-refractivity contribution in [2.75, 3.05) is 39.9 Å². The number of aliphatic hydroxyl groups is 1. The highest BCUT2D eigenvalue weighted by atomic mass is 16.5. The van der Waals surface area contributed by atoms with Crippen molar-refractivity contribution in [3.63, 3.8) is 0 Å². The van der Waals surface area contributed by atoms with Crippen LogP contribution in [0.25, 0.3) is 5.76 Å². The first-order valence-corrected chi connectivity index (χ1v) is 11.4. The van der Waals surface area contributed by atoms with E-state index in [1.165, 1.54) is 0 Å². The fraction of sp³-hybridized carbons (Fsp3) is 0.385. The van der Waals surface area contributed by atoms with Gasteiger partial charge < -0.3 is 24.4 Å². The highest BCUT2D eigenvalue weighted by molar-refractivity contribution is 6.46. The molecule has 0 spiro atoms. The molecule has 33 heavy (non-hydrogen) atoms. The molecule has 1 unspecified atom stereocenters. The molecule has 2 aromatic carbocycles. The summed E-state index contributed by atoms with van der Waals surface area (Å²) in [6.45, 7) is 5.51. The third-order valence-electron chi connectivity index (χ3n) is 6.24. The second-order valence-electron chi connectivity index (χ2n) is 8.28. The van der Waals surface area contributed by atoms with Crippen LogP contribution in [0.2, 0.25) is 0 Å². The number of ether oxygens (including phenoxy) is 2. The smallest absolute Gasteiger partial charge is 0.295 e. The molecule has 1 atom stereocenters. The van der Waals surface area contributed by atoms with Crippen LogP contribution in [0, 0.1) is 0 Å². The van der Waals surface area contributed by atoms with Crippen molar-refractivity contribution in [3.8, 4) is 11.5 Å². The molecule has 174 valence electrons. The van der Waals surface area contributed by atoms with E-state index < -0.39 is 17.7 Å². The van der Waals surface area contributed by atoms with Crippen molar-refractivity contribution in [2.45, 2.75) is 25.8 Å². The predicted molar refractivity (Wildman–Crippen MR) is 125 cm³/mol. The molecule has 7 heteroatoms. The molecular weight excluding hydrogens is 420 g/mol. The Bertz CT molecular complexity index is 1040. The number of amides is 1. The van der Waals surface area contributed by atoms with Crippen molar-refractivity contribution in [2.24, 2.45) is 0 Å². The van der Waals surface area contributed by atoms with Crippen LogP contribution in [0.15, 0.2) is 54.1 Å². The second-order valence-corrected chi connectivity index (χ2v) is 8.28. The number of carbonyl (C=O) groups is 2. The van der Waals surface area contributed by atoms with Gasteiger partial charge in [0.1, 0.15) is 17.3 Å². The van der Waals surface area contributed by atoms with Crippen LogP contribution < -0.4 is 9.47 Å². The lowest BCUT2D eigenvalue weighted by Crippen LogP contribution is -2.37. The molecule has 0 radical (unpaired) electrons. The van der Waals surface area contributed by atoms with Gasteiger partial charge in [0.15, 0.2) is 0 Å². The minimum absolute atomic E-state index is 0.0974. The maximum atomic E-state index is 13.2. The Kier molecular flexibility index (Phi) is 6.99. The van der Waals surface area contributed by atoms with Gasteiger partial charge in [-0.1, -0.05) is 12.1 Å². The zero-order valence-corrected chi connectivity index (χ0v) is 19.1. The number of likely N-dealkylation sites (tertiary alicyclic amines) is 2. The Labute approximate surface area is 194 Å². The largest absolute Gasteiger partial charge is 0.507 e. The van der Waals surface area contributed by atoms with Gasteiger partial charge in [0.2, 0.25) is 0 Å². The number of methoxy groups -OCH3 is 1. The summed E-state index contributed by atoms with van der Waals surface area (Å²) in [6.07, 6.45) is 2.30. The quantitative estimate of drug-likeness (QED) is 0.376. The number of nitrogens with zero attached hydrogens (tertiary/aromatic N) is 2. The molecule has 1 N–H and O–H groups in total. The van der Waals surface area contributed by atoms with E-state index in [1.807, 2.05) is 31.2 Å². The summed E-state index contributed by atoms with van der Waals surface area (Å²) in [7, 11) is 1.56. The van der Waals surface area contributed by atoms with Gasteiger partial charge in [-0.3, -0.25) is 9.59 Å². The summed E-state index contributed by atoms with van der Waals surface area (Å²) < 4.78 is 10.8. The van der Waals surface area contributed by atoms with Crippen LogP contribution in [-0.2, 0) is 9.59 Å². The van der Waals surface area contributed by atoms with Gasteiger partial charge in [-0.25, -0.2) is 0 Å². The molecule has 4 rings (SSSR count). The number of Topliss-reactive ketones (excluding diaryl/α,β-unsaturated/α-hetero) is 1. The zero-order valence-electron chi connectivity index (χ0n) is 19.1. The number of aliphatic hydroxyl groups excluding tert-OH is 1. The van der Waals surface area contributed by atoms with E-state index in [0.717, 1.165) is 31.5 Å². The Balaban J connectivity index is 1.76. The molecule has 7 nitrogen and oxygen atoms in total. The molecule has 1 amide bonds. The molecule has 0 aliphatic carbocycles. The highest BCUT2D eigenvalue weighted by Crippen LogP contribution is 2.40. The summed E-state index contributed by atoms with van der Waals surface area (Å²) in [5.74, 6) is -0.151. The van der Waals surface area contributed by atoms with Crippen molar-refractivity contribution >= 4 is 17.4 Å². The Morgan fingerprint density at radius 2 is 1.76 bits per heavy atom. The number of ketones is 1. The molecule has 2 saturated heterocycles. The van der Waals surface area contributed by atoms with E-state index in [1.54, 1.807) is 36.3 Å². The predicted octanol–water partition coefficient (Wildman–Crippen LogP) is 3.61. The Morgan fingerprint density at radius 3 is 2.42 bits per heavy atom. The van der Waals surface area contributed by atoms with Crippen LogP contribution in [0.5, 0.6) is 11.5 Å². The second kappa shape index (κ2) is 10.1. The SMILES string of the molecule is CCOc1cccc(C2/C(=C(\O)c3ccc(OC)cc3)C(=O)C(=O)N2CCN2CCCC2)c1. The molecule has 0 saturated carbocycles. The van der Waals surface area contributed by atoms with Gasteiger partial charge in [-0.15, -0.1) is 0 Å². The van der Waals surface area contributed by atoms with E-state index in [-0.39, 0.29) is 11.3 Å². The average Bonchev–Trinajstić information content (AvgIpc) is 3.44. The summed E-state index contributed by atoms with van der Waals surface area (Å²) in [5.41, 5.74) is 1.29. The van der Waals surface area contributed by atoms with Crippen molar-refractivity contribution in [1.82, 2.24) is 9.80 Å². The fourth-order valence-corrected chi connectivity index (χ4v) is 4.56. The highest BCUT2D eigenvalue weighted by Gasteiger charge is 2.46. The Morgan fingerprint density at radius 1 is 1.03 bits per heavy atom. The molecular formula is C26H30N2O5. The number of benzene rings is 2. The molecule has 2 aliphatic heterocycles. The van der Waals surface area contributed by atoms with Gasteiger partial charge >= 0.3 is 0 Å². The minimum Gasteiger partial charge on any atom is -0.507 e. The first-order chi connectivity index (χ1) is 16.0. The number of hydrogen-bond donors (Lipinski definition) is 1. The van der Waals surface area contributed by atoms with E-state index in [2.05, 4.69) is 4.90 Å². The van der Waals surface area contributed by atoms with Crippen LogP contribution in [0.1, 0.15) is 36.9 Å². The molecule has 2 fully saturated rings. The third kappa shape index (κ3) is 4.73. The van der Waals surface area contributed by atoms with Gasteiger partial charge in [-0.2, -0.15) is 0 Å². The van der Waals surface area contributed by atoms with Crippen molar-refractivity contribution < 1.29 is 24.2 Å². The maximum absolute atomic E-state index is 13.2. The van der Waals surface area contributed by atoms with Crippen LogP contribution in [0.4, 0.5) is 0 Å². The lowest BCUT2D eigenvalue weighted by molar-refractivity contribution is -0.140. The summed E-state index contributed by atoms with van der Waals surface area (Å²) in [4.78, 5) is 30.2. The van der Waals surface area contributed by atoms with Crippen molar-refractivity contribution in [1.29, 1.82) is 0 Å². The summed E-state index contributed by atoms with van der Waals surface area (Å²) >= 11 is 0. The standard InChI is InChI=1S/C26H30N2O5/c1-3-33-21-8-6-7-19(17-21)23-22(24(29)18-9-11-20(32-2)12-10-18)25(30)26(31)28(23)16-15-27-13-4-5-14-27/h6-12,17,23,29H,3-5,13-16H2,1-2H3/b24-22+. The van der Waals surface area contributed by atoms with Crippen molar-refractivity contribution in [3.05, 3.63) is 65.2 Å². The maximum Gasteiger partial charge on any atom is 0.295 e. The number of carbonyl (C=O) groups excluding carboxylic acids is 2. The molecule has 2 heterocycles. The molecule has 0 bridgehead atoms. The van der Waals surface area contributed by atoms with Gasteiger partial charge in [0.05, 0.1) is 25.3 Å². The van der Waals surface area contributed by atoms with Crippen LogP contribution in [-0.4, -0.2) is 66.5 Å². The van der Waals surface area contributed by atoms with E-state index in [9.17, 15) is 14.7 Å². The van der Waals surface area contributed by atoms with E-state index >= 15 is 0 Å². The van der Waals surface area contributed by atoms with Gasteiger partial charge in [-0.05, 0) is 74.8 Å². The van der Waals surface area contributed by atoms with Crippen LogP contribution in [0.3, 0.4) is 0 Å². The first kappa shape index (κ1) is 22.9.